The maximum atomic E-state index is 11.7. The Morgan fingerprint density at radius 3 is 2.56 bits per heavy atom. The smallest absolute Gasteiger partial charge is 0.346 e. The number of urea groups is 1. The van der Waals surface area contributed by atoms with Gasteiger partial charge in [-0.1, -0.05) is 0 Å². The SMILES string of the molecule is NC1=NC(=O)N(C2CC2)C1C1CCOCC1. The molecule has 1 aliphatic carbocycles. The standard InChI is InChI=1S/C11H17N3O2/c12-10-9(7-3-5-16-6-4-7)14(8-1-2-8)11(15)13-10/h7-9H,1-6H2,(H2,12,13,15). The highest BCUT2D eigenvalue weighted by atomic mass is 16.5. The number of hydrogen-bond acceptors (Lipinski definition) is 3. The number of nitrogens with zero attached hydrogens (tertiary/aromatic N) is 2. The first-order valence-electron chi connectivity index (χ1n) is 6.01. The summed E-state index contributed by atoms with van der Waals surface area (Å²) < 4.78 is 5.35. The molecule has 1 saturated carbocycles. The van der Waals surface area contributed by atoms with E-state index in [9.17, 15) is 4.79 Å². The number of nitrogens with two attached hydrogens (primary N) is 1. The second-order valence-electron chi connectivity index (χ2n) is 4.85. The van der Waals surface area contributed by atoms with E-state index in [-0.39, 0.29) is 12.1 Å². The van der Waals surface area contributed by atoms with E-state index >= 15 is 0 Å². The lowest BCUT2D eigenvalue weighted by atomic mass is 9.90. The molecule has 16 heavy (non-hydrogen) atoms. The van der Waals surface area contributed by atoms with Crippen molar-refractivity contribution in [2.75, 3.05) is 13.2 Å². The monoisotopic (exact) mass is 223 g/mol. The van der Waals surface area contributed by atoms with E-state index < -0.39 is 0 Å². The lowest BCUT2D eigenvalue weighted by Gasteiger charge is -2.33. The molecule has 5 heteroatoms. The van der Waals surface area contributed by atoms with Gasteiger partial charge in [0.25, 0.3) is 0 Å². The van der Waals surface area contributed by atoms with Crippen molar-refractivity contribution < 1.29 is 9.53 Å². The molecular weight excluding hydrogens is 206 g/mol. The van der Waals surface area contributed by atoms with Gasteiger partial charge >= 0.3 is 6.03 Å². The van der Waals surface area contributed by atoms with Crippen molar-refractivity contribution >= 4 is 11.9 Å². The number of amidine groups is 1. The first-order valence-corrected chi connectivity index (χ1v) is 6.01. The Balaban J connectivity index is 1.79. The van der Waals surface area contributed by atoms with Crippen LogP contribution in [0.2, 0.25) is 0 Å². The molecule has 0 radical (unpaired) electrons. The minimum atomic E-state index is -0.128. The molecule has 2 N–H and O–H groups in total. The summed E-state index contributed by atoms with van der Waals surface area (Å²) in [6.45, 7) is 1.56. The van der Waals surface area contributed by atoms with Gasteiger partial charge in [0.2, 0.25) is 0 Å². The summed E-state index contributed by atoms with van der Waals surface area (Å²) in [6.07, 6.45) is 4.18. The van der Waals surface area contributed by atoms with E-state index in [0.29, 0.717) is 17.8 Å². The molecule has 5 nitrogen and oxygen atoms in total. The number of carbonyl (C=O) groups is 1. The molecule has 0 aromatic heterocycles. The molecule has 2 amide bonds. The minimum absolute atomic E-state index is 0.0453. The van der Waals surface area contributed by atoms with E-state index in [1.54, 1.807) is 0 Å². The highest BCUT2D eigenvalue weighted by Gasteiger charge is 2.46. The molecule has 2 aliphatic heterocycles. The fourth-order valence-corrected chi connectivity index (χ4v) is 2.73. The van der Waals surface area contributed by atoms with Crippen LogP contribution in [0.4, 0.5) is 4.79 Å². The molecular formula is C11H17N3O2. The fraction of sp³-hybridized carbons (Fsp3) is 0.818. The number of carbonyl (C=O) groups excluding carboxylic acids is 1. The summed E-state index contributed by atoms with van der Waals surface area (Å²) in [5.41, 5.74) is 5.90. The molecule has 0 spiro atoms. The Hall–Kier alpha value is -1.10. The number of rotatable bonds is 2. The number of aliphatic imine (C=N–C) groups is 1. The van der Waals surface area contributed by atoms with Crippen molar-refractivity contribution in [1.29, 1.82) is 0 Å². The summed E-state index contributed by atoms with van der Waals surface area (Å²) in [6, 6.07) is 0.311. The molecule has 0 aromatic rings. The quantitative estimate of drug-likeness (QED) is 0.750. The van der Waals surface area contributed by atoms with E-state index in [1.165, 1.54) is 0 Å². The molecule has 3 aliphatic rings. The number of amides is 2. The van der Waals surface area contributed by atoms with Gasteiger partial charge in [0.05, 0.1) is 6.04 Å². The van der Waals surface area contributed by atoms with E-state index in [1.807, 2.05) is 4.90 Å². The van der Waals surface area contributed by atoms with Crippen molar-refractivity contribution in [3.8, 4) is 0 Å². The van der Waals surface area contributed by atoms with E-state index in [2.05, 4.69) is 4.99 Å². The summed E-state index contributed by atoms with van der Waals surface area (Å²) in [4.78, 5) is 17.6. The number of hydrogen-bond donors (Lipinski definition) is 1. The zero-order valence-corrected chi connectivity index (χ0v) is 9.26. The lowest BCUT2D eigenvalue weighted by Crippen LogP contribution is -2.48. The summed E-state index contributed by atoms with van der Waals surface area (Å²) in [5.74, 6) is 0.952. The van der Waals surface area contributed by atoms with Crippen molar-refractivity contribution in [3.63, 3.8) is 0 Å². The average molecular weight is 223 g/mol. The molecule has 88 valence electrons. The molecule has 0 bridgehead atoms. The Morgan fingerprint density at radius 2 is 1.94 bits per heavy atom. The molecule has 2 heterocycles. The Morgan fingerprint density at radius 1 is 1.25 bits per heavy atom. The molecule has 3 rings (SSSR count). The van der Waals surface area contributed by atoms with Gasteiger partial charge < -0.3 is 15.4 Å². The van der Waals surface area contributed by atoms with Crippen LogP contribution in [0.1, 0.15) is 25.7 Å². The van der Waals surface area contributed by atoms with Crippen molar-refractivity contribution in [2.24, 2.45) is 16.6 Å². The largest absolute Gasteiger partial charge is 0.385 e. The van der Waals surface area contributed by atoms with E-state index in [4.69, 9.17) is 10.5 Å². The van der Waals surface area contributed by atoms with Crippen LogP contribution in [-0.4, -0.2) is 42.1 Å². The Labute approximate surface area is 94.6 Å². The van der Waals surface area contributed by atoms with Gasteiger partial charge in [0, 0.05) is 19.3 Å². The highest BCUT2D eigenvalue weighted by Crippen LogP contribution is 2.36. The maximum absolute atomic E-state index is 11.7. The van der Waals surface area contributed by atoms with Gasteiger partial charge in [-0.05, 0) is 31.6 Å². The summed E-state index contributed by atoms with van der Waals surface area (Å²) >= 11 is 0. The zero-order valence-electron chi connectivity index (χ0n) is 9.26. The first-order chi connectivity index (χ1) is 7.77. The topological polar surface area (TPSA) is 67.9 Å². The highest BCUT2D eigenvalue weighted by molar-refractivity contribution is 6.03. The molecule has 0 aromatic carbocycles. The van der Waals surface area contributed by atoms with Crippen LogP contribution in [0.3, 0.4) is 0 Å². The third-order valence-electron chi connectivity index (χ3n) is 3.70. The predicted molar refractivity (Wildman–Crippen MR) is 59.2 cm³/mol. The number of ether oxygens (including phenoxy) is 1. The molecule has 1 saturated heterocycles. The van der Waals surface area contributed by atoms with Crippen molar-refractivity contribution in [1.82, 2.24) is 4.90 Å². The Kier molecular flexibility index (Phi) is 2.35. The molecule has 1 unspecified atom stereocenters. The van der Waals surface area contributed by atoms with Crippen LogP contribution in [0.5, 0.6) is 0 Å². The second-order valence-corrected chi connectivity index (χ2v) is 4.85. The summed E-state index contributed by atoms with van der Waals surface area (Å²) in [5, 5.41) is 0. The minimum Gasteiger partial charge on any atom is -0.385 e. The fourth-order valence-electron chi connectivity index (χ4n) is 2.73. The normalized spacial score (nSPS) is 32.0. The zero-order chi connectivity index (χ0) is 11.1. The molecule has 1 atom stereocenters. The summed E-state index contributed by atoms with van der Waals surface area (Å²) in [7, 11) is 0. The van der Waals surface area contributed by atoms with Gasteiger partial charge in [0.15, 0.2) is 0 Å². The van der Waals surface area contributed by atoms with Gasteiger partial charge in [-0.2, -0.15) is 4.99 Å². The Bertz CT molecular complexity index is 332. The van der Waals surface area contributed by atoms with Gasteiger partial charge in [0.1, 0.15) is 5.84 Å². The van der Waals surface area contributed by atoms with Gasteiger partial charge in [-0.3, -0.25) is 0 Å². The van der Waals surface area contributed by atoms with E-state index in [0.717, 1.165) is 38.9 Å². The van der Waals surface area contributed by atoms with Crippen LogP contribution in [-0.2, 0) is 4.74 Å². The van der Waals surface area contributed by atoms with Crippen LogP contribution >= 0.6 is 0 Å². The van der Waals surface area contributed by atoms with Crippen molar-refractivity contribution in [2.45, 2.75) is 37.8 Å². The third-order valence-corrected chi connectivity index (χ3v) is 3.70. The predicted octanol–water partition coefficient (Wildman–Crippen LogP) is 0.737. The first kappa shape index (κ1) is 10.1. The van der Waals surface area contributed by atoms with Gasteiger partial charge in [-0.15, -0.1) is 0 Å². The van der Waals surface area contributed by atoms with Crippen LogP contribution in [0.25, 0.3) is 0 Å². The second kappa shape index (κ2) is 3.73. The third kappa shape index (κ3) is 1.59. The molecule has 2 fully saturated rings. The lowest BCUT2D eigenvalue weighted by molar-refractivity contribution is 0.0485. The van der Waals surface area contributed by atoms with Crippen molar-refractivity contribution in [3.05, 3.63) is 0 Å². The average Bonchev–Trinajstić information content (AvgIpc) is 3.06. The van der Waals surface area contributed by atoms with Gasteiger partial charge in [-0.25, -0.2) is 4.79 Å². The van der Waals surface area contributed by atoms with Crippen LogP contribution in [0, 0.1) is 5.92 Å². The maximum Gasteiger partial charge on any atom is 0.346 e. The van der Waals surface area contributed by atoms with Crippen LogP contribution in [0.15, 0.2) is 4.99 Å². The van der Waals surface area contributed by atoms with Crippen LogP contribution < -0.4 is 5.73 Å².